The number of hydrogen-bond acceptors (Lipinski definition) is 5. The first-order chi connectivity index (χ1) is 5.04. The Morgan fingerprint density at radius 2 is 1.82 bits per heavy atom. The predicted octanol–water partition coefficient (Wildman–Crippen LogP) is -1.99. The molecule has 0 unspecified atom stereocenters. The molecule has 5 heteroatoms. The Balaban J connectivity index is 2.71. The molecule has 1 heterocycles. The van der Waals surface area contributed by atoms with Crippen LogP contribution in [0, 0.1) is 0 Å². The number of hydrogen-bond donors (Lipinski definition) is 3. The van der Waals surface area contributed by atoms with Gasteiger partial charge in [-0.1, -0.05) is 0 Å². The Labute approximate surface area is 63.2 Å². The summed E-state index contributed by atoms with van der Waals surface area (Å²) in [4.78, 5) is 10.8. The highest BCUT2D eigenvalue weighted by Gasteiger charge is 2.40. The van der Waals surface area contributed by atoms with E-state index < -0.39 is 30.4 Å². The molecular weight excluding hydrogens is 152 g/mol. The summed E-state index contributed by atoms with van der Waals surface area (Å²) in [6.07, 6.45) is -5.24. The van der Waals surface area contributed by atoms with Crippen molar-refractivity contribution in [3.8, 4) is 0 Å². The molecule has 4 atom stereocenters. The minimum atomic E-state index is -1.62. The smallest absolute Gasteiger partial charge is 0.197 e. The van der Waals surface area contributed by atoms with Gasteiger partial charge in [0.15, 0.2) is 18.2 Å². The topological polar surface area (TPSA) is 87.0 Å². The second kappa shape index (κ2) is 2.86. The first-order valence-electron chi connectivity index (χ1n) is 3.27. The third-order valence-corrected chi connectivity index (χ3v) is 1.65. The molecule has 0 aromatic rings. The van der Waals surface area contributed by atoms with Crippen molar-refractivity contribution in [2.24, 2.45) is 0 Å². The van der Waals surface area contributed by atoms with Gasteiger partial charge in [-0.2, -0.15) is 0 Å². The lowest BCUT2D eigenvalue weighted by atomic mass is 10.0. The van der Waals surface area contributed by atoms with Crippen molar-refractivity contribution in [1.29, 1.82) is 0 Å². The van der Waals surface area contributed by atoms with E-state index in [0.29, 0.717) is 0 Å². The van der Waals surface area contributed by atoms with E-state index in [2.05, 4.69) is 4.74 Å². The number of ether oxygens (including phenoxy) is 1. The molecule has 0 aromatic heterocycles. The van der Waals surface area contributed by atoms with E-state index >= 15 is 0 Å². The van der Waals surface area contributed by atoms with Crippen molar-refractivity contribution < 1.29 is 24.9 Å². The van der Waals surface area contributed by atoms with Crippen molar-refractivity contribution in [1.82, 2.24) is 0 Å². The lowest BCUT2D eigenvalue weighted by Crippen LogP contribution is -2.53. The SMILES string of the molecule is C[C@H]1O[C@@H](O)[C@H](O)C(=O)[C@@H]1O. The highest BCUT2D eigenvalue weighted by Crippen LogP contribution is 2.14. The predicted molar refractivity (Wildman–Crippen MR) is 33.6 cm³/mol. The third-order valence-electron chi connectivity index (χ3n) is 1.65. The van der Waals surface area contributed by atoms with Crippen molar-refractivity contribution in [3.63, 3.8) is 0 Å². The van der Waals surface area contributed by atoms with Gasteiger partial charge in [0.2, 0.25) is 0 Å². The second-order valence-corrected chi connectivity index (χ2v) is 2.52. The van der Waals surface area contributed by atoms with Gasteiger partial charge >= 0.3 is 0 Å². The quantitative estimate of drug-likeness (QED) is 0.384. The summed E-state index contributed by atoms with van der Waals surface area (Å²) in [5, 5.41) is 26.7. The fourth-order valence-electron chi connectivity index (χ4n) is 0.916. The Morgan fingerprint density at radius 1 is 1.27 bits per heavy atom. The zero-order valence-electron chi connectivity index (χ0n) is 5.97. The summed E-state index contributed by atoms with van der Waals surface area (Å²) >= 11 is 0. The number of ketones is 1. The average molecular weight is 162 g/mol. The molecule has 5 nitrogen and oxygen atoms in total. The van der Waals surface area contributed by atoms with Crippen LogP contribution in [0.4, 0.5) is 0 Å². The fourth-order valence-corrected chi connectivity index (χ4v) is 0.916. The van der Waals surface area contributed by atoms with E-state index in [1.54, 1.807) is 0 Å². The van der Waals surface area contributed by atoms with Crippen molar-refractivity contribution >= 4 is 5.78 Å². The summed E-state index contributed by atoms with van der Waals surface area (Å²) in [5.41, 5.74) is 0. The normalized spacial score (nSPS) is 46.0. The number of carbonyl (C=O) groups excluding carboxylic acids is 1. The van der Waals surface area contributed by atoms with Gasteiger partial charge in [0.05, 0.1) is 6.10 Å². The molecule has 0 amide bonds. The summed E-state index contributed by atoms with van der Waals surface area (Å²) in [6.45, 7) is 1.44. The Morgan fingerprint density at radius 3 is 2.36 bits per heavy atom. The van der Waals surface area contributed by atoms with Crippen LogP contribution in [0.15, 0.2) is 0 Å². The maximum atomic E-state index is 10.8. The number of Topliss-reactive ketones (excluding diaryl/α,β-unsaturated/α-hetero) is 1. The molecule has 1 aliphatic rings. The van der Waals surface area contributed by atoms with Gasteiger partial charge in [0.25, 0.3) is 0 Å². The van der Waals surface area contributed by atoms with Crippen LogP contribution < -0.4 is 0 Å². The van der Waals surface area contributed by atoms with E-state index in [-0.39, 0.29) is 0 Å². The lowest BCUT2D eigenvalue weighted by molar-refractivity contribution is -0.229. The van der Waals surface area contributed by atoms with E-state index in [1.165, 1.54) is 6.92 Å². The van der Waals surface area contributed by atoms with Gasteiger partial charge < -0.3 is 20.1 Å². The van der Waals surface area contributed by atoms with Gasteiger partial charge in [0, 0.05) is 0 Å². The first-order valence-corrected chi connectivity index (χ1v) is 3.27. The van der Waals surface area contributed by atoms with E-state index in [1.807, 2.05) is 0 Å². The molecule has 3 N–H and O–H groups in total. The summed E-state index contributed by atoms with van der Waals surface area (Å²) in [5.74, 6) is -0.795. The van der Waals surface area contributed by atoms with Crippen molar-refractivity contribution in [3.05, 3.63) is 0 Å². The highest BCUT2D eigenvalue weighted by molar-refractivity contribution is 5.88. The second-order valence-electron chi connectivity index (χ2n) is 2.52. The van der Waals surface area contributed by atoms with Gasteiger partial charge in [-0.3, -0.25) is 4.79 Å². The number of aliphatic hydroxyl groups excluding tert-OH is 3. The van der Waals surface area contributed by atoms with Gasteiger partial charge in [0.1, 0.15) is 6.10 Å². The van der Waals surface area contributed by atoms with E-state index in [0.717, 1.165) is 0 Å². The molecule has 11 heavy (non-hydrogen) atoms. The minimum absolute atomic E-state index is 0.763. The molecule has 0 spiro atoms. The molecule has 1 saturated heterocycles. The van der Waals surface area contributed by atoms with Gasteiger partial charge in [-0.05, 0) is 6.92 Å². The Bertz CT molecular complexity index is 152. The van der Waals surface area contributed by atoms with E-state index in [9.17, 15) is 4.79 Å². The number of rotatable bonds is 0. The minimum Gasteiger partial charge on any atom is -0.382 e. The molecule has 1 rings (SSSR count). The molecule has 64 valence electrons. The fraction of sp³-hybridized carbons (Fsp3) is 0.833. The zero-order chi connectivity index (χ0) is 8.59. The van der Waals surface area contributed by atoms with Crippen LogP contribution in [-0.4, -0.2) is 45.7 Å². The van der Waals surface area contributed by atoms with E-state index in [4.69, 9.17) is 15.3 Å². The summed E-state index contributed by atoms with van der Waals surface area (Å²) < 4.78 is 4.62. The summed E-state index contributed by atoms with van der Waals surface area (Å²) in [7, 11) is 0. The highest BCUT2D eigenvalue weighted by atomic mass is 16.6. The van der Waals surface area contributed by atoms with Crippen LogP contribution >= 0.6 is 0 Å². The molecule has 0 bridgehead atoms. The third kappa shape index (κ3) is 1.41. The molecule has 1 aliphatic heterocycles. The maximum Gasteiger partial charge on any atom is 0.197 e. The van der Waals surface area contributed by atoms with Crippen molar-refractivity contribution in [2.75, 3.05) is 0 Å². The largest absolute Gasteiger partial charge is 0.382 e. The van der Waals surface area contributed by atoms with Gasteiger partial charge in [-0.15, -0.1) is 0 Å². The van der Waals surface area contributed by atoms with Crippen LogP contribution in [0.25, 0.3) is 0 Å². The van der Waals surface area contributed by atoms with Crippen LogP contribution in [0.1, 0.15) is 6.92 Å². The monoisotopic (exact) mass is 162 g/mol. The van der Waals surface area contributed by atoms with Crippen molar-refractivity contribution in [2.45, 2.75) is 31.5 Å². The molecule has 0 saturated carbocycles. The van der Waals surface area contributed by atoms with Crippen LogP contribution in [-0.2, 0) is 9.53 Å². The number of carbonyl (C=O) groups is 1. The molecule has 0 aromatic carbocycles. The molecule has 1 fully saturated rings. The van der Waals surface area contributed by atoms with Crippen LogP contribution in [0.3, 0.4) is 0 Å². The standard InChI is InChI=1S/C6H10O5/c1-2-3(7)4(8)5(9)6(10)11-2/h2-3,5-7,9-10H,1H3/t2-,3-,5-,6-/m1/s1. The zero-order valence-corrected chi connectivity index (χ0v) is 5.97. The first kappa shape index (κ1) is 8.61. The maximum absolute atomic E-state index is 10.8. The van der Waals surface area contributed by atoms with Crippen LogP contribution in [0.2, 0.25) is 0 Å². The Kier molecular flexibility index (Phi) is 2.24. The van der Waals surface area contributed by atoms with Crippen LogP contribution in [0.5, 0.6) is 0 Å². The lowest BCUT2D eigenvalue weighted by Gasteiger charge is -2.31. The average Bonchev–Trinajstić information content (AvgIpc) is 1.97. The molecule has 0 radical (unpaired) electrons. The molecule has 0 aliphatic carbocycles. The molecular formula is C6H10O5. The Hall–Kier alpha value is -0.490. The van der Waals surface area contributed by atoms with Gasteiger partial charge in [-0.25, -0.2) is 0 Å². The number of aliphatic hydroxyl groups is 3. The summed E-state index contributed by atoms with van der Waals surface area (Å²) in [6, 6.07) is 0.